The maximum atomic E-state index is 6.28. The zero-order valence-electron chi connectivity index (χ0n) is 15.6. The summed E-state index contributed by atoms with van der Waals surface area (Å²) >= 11 is 14.8. The Morgan fingerprint density at radius 2 is 2.00 bits per heavy atom. The number of hydrogen-bond donors (Lipinski definition) is 0. The number of pyridine rings is 1. The van der Waals surface area contributed by atoms with E-state index in [1.54, 1.807) is 12.4 Å². The van der Waals surface area contributed by atoms with Crippen molar-refractivity contribution in [2.24, 2.45) is 0 Å². The van der Waals surface area contributed by atoms with Gasteiger partial charge in [0.15, 0.2) is 6.23 Å². The minimum atomic E-state index is -0.312. The summed E-state index contributed by atoms with van der Waals surface area (Å²) in [6.45, 7) is 4.75. The summed E-state index contributed by atoms with van der Waals surface area (Å²) < 4.78 is 15.1. The van der Waals surface area contributed by atoms with Crippen LogP contribution in [0.1, 0.15) is 49.6 Å². The van der Waals surface area contributed by atoms with Crippen LogP contribution in [-0.2, 0) is 4.74 Å². The van der Waals surface area contributed by atoms with Crippen molar-refractivity contribution in [3.8, 4) is 5.75 Å². The topological polar surface area (TPSA) is 49.2 Å². The van der Waals surface area contributed by atoms with Crippen molar-refractivity contribution in [1.29, 1.82) is 0 Å². The number of benzene rings is 1. The number of fused-ring (bicyclic) bond motifs is 1. The molecule has 1 aliphatic rings. The van der Waals surface area contributed by atoms with E-state index in [1.165, 1.54) is 0 Å². The molecule has 3 heterocycles. The summed E-state index contributed by atoms with van der Waals surface area (Å²) in [6, 6.07) is 4.15. The van der Waals surface area contributed by atoms with Crippen molar-refractivity contribution in [2.75, 3.05) is 6.61 Å². The van der Waals surface area contributed by atoms with Crippen molar-refractivity contribution in [2.45, 2.75) is 45.4 Å². The molecule has 0 bridgehead atoms. The van der Waals surface area contributed by atoms with E-state index >= 15 is 0 Å². The van der Waals surface area contributed by atoms with Crippen LogP contribution in [0, 0.1) is 10.6 Å². The molecule has 4 rings (SSSR count). The highest BCUT2D eigenvalue weighted by molar-refractivity contribution is 14.1. The Balaban J connectivity index is 1.69. The SMILES string of the molecule is Cc1cc2c(cc1O[C@H](C)c1c(Cl)cncc1Cl)c(I)nn2C1CCCCO1. The number of aryl methyl sites for hydroxylation is 1. The van der Waals surface area contributed by atoms with Gasteiger partial charge >= 0.3 is 0 Å². The van der Waals surface area contributed by atoms with Crippen LogP contribution in [0.2, 0.25) is 10.0 Å². The highest BCUT2D eigenvalue weighted by Crippen LogP contribution is 2.37. The summed E-state index contributed by atoms with van der Waals surface area (Å²) in [4.78, 5) is 4.01. The molecule has 1 fully saturated rings. The van der Waals surface area contributed by atoms with Crippen LogP contribution in [0.4, 0.5) is 0 Å². The maximum absolute atomic E-state index is 6.28. The molecule has 2 aromatic heterocycles. The molecule has 0 saturated carbocycles. The standard InChI is InChI=1S/C20H20Cl2IN3O2/c1-11-7-16-13(20(23)25-26(16)18-5-3-4-6-27-18)8-17(11)28-12(2)19-14(21)9-24-10-15(19)22/h7-10,12,18H,3-6H2,1-2H3/t12-,18?/m1/s1. The van der Waals surface area contributed by atoms with Crippen LogP contribution in [0.25, 0.3) is 10.9 Å². The second-order valence-electron chi connectivity index (χ2n) is 6.97. The molecule has 2 atom stereocenters. The molecular formula is C20H20Cl2IN3O2. The average molecular weight is 532 g/mol. The van der Waals surface area contributed by atoms with E-state index in [-0.39, 0.29) is 12.3 Å². The quantitative estimate of drug-likeness (QED) is 0.361. The Kier molecular flexibility index (Phi) is 6.01. The van der Waals surface area contributed by atoms with Crippen LogP contribution >= 0.6 is 45.8 Å². The lowest BCUT2D eigenvalue weighted by Gasteiger charge is -2.23. The van der Waals surface area contributed by atoms with E-state index < -0.39 is 0 Å². The predicted molar refractivity (Wildman–Crippen MR) is 119 cm³/mol. The third-order valence-corrected chi connectivity index (χ3v) is 6.39. The lowest BCUT2D eigenvalue weighted by molar-refractivity contribution is -0.0368. The van der Waals surface area contributed by atoms with Crippen LogP contribution in [0.15, 0.2) is 24.5 Å². The van der Waals surface area contributed by atoms with Crippen molar-refractivity contribution in [3.63, 3.8) is 0 Å². The van der Waals surface area contributed by atoms with Crippen LogP contribution in [-0.4, -0.2) is 21.4 Å². The highest BCUT2D eigenvalue weighted by Gasteiger charge is 2.22. The number of hydrogen-bond acceptors (Lipinski definition) is 4. The molecule has 3 aromatic rings. The summed E-state index contributed by atoms with van der Waals surface area (Å²) in [5.74, 6) is 0.783. The lowest BCUT2D eigenvalue weighted by atomic mass is 10.1. The Bertz CT molecular complexity index is 998. The first-order chi connectivity index (χ1) is 13.5. The van der Waals surface area contributed by atoms with Crippen LogP contribution in [0.3, 0.4) is 0 Å². The molecule has 0 amide bonds. The summed E-state index contributed by atoms with van der Waals surface area (Å²) in [6.07, 6.45) is 6.11. The van der Waals surface area contributed by atoms with Crippen LogP contribution in [0.5, 0.6) is 5.75 Å². The molecule has 1 unspecified atom stereocenters. The van der Waals surface area contributed by atoms with E-state index in [0.29, 0.717) is 10.0 Å². The van der Waals surface area contributed by atoms with Gasteiger partial charge in [0.05, 0.1) is 15.6 Å². The molecule has 1 saturated heterocycles. The number of nitrogens with zero attached hydrogens (tertiary/aromatic N) is 3. The monoisotopic (exact) mass is 531 g/mol. The second-order valence-corrected chi connectivity index (χ2v) is 8.80. The Morgan fingerprint density at radius 1 is 1.25 bits per heavy atom. The van der Waals surface area contributed by atoms with Gasteiger partial charge in [0.2, 0.25) is 0 Å². The van der Waals surface area contributed by atoms with Gasteiger partial charge in [-0.1, -0.05) is 23.2 Å². The first kappa shape index (κ1) is 20.2. The van der Waals surface area contributed by atoms with Crippen molar-refractivity contribution in [1.82, 2.24) is 14.8 Å². The first-order valence-electron chi connectivity index (χ1n) is 9.21. The molecule has 1 aliphatic heterocycles. The molecule has 0 radical (unpaired) electrons. The minimum Gasteiger partial charge on any atom is -0.486 e. The second kappa shape index (κ2) is 8.34. The van der Waals surface area contributed by atoms with Crippen molar-refractivity contribution < 1.29 is 9.47 Å². The fourth-order valence-electron chi connectivity index (χ4n) is 3.55. The molecule has 148 valence electrons. The predicted octanol–water partition coefficient (Wildman–Crippen LogP) is 6.49. The van der Waals surface area contributed by atoms with Gasteiger partial charge in [0, 0.05) is 30.0 Å². The average Bonchev–Trinajstić information content (AvgIpc) is 2.98. The van der Waals surface area contributed by atoms with E-state index in [1.807, 2.05) is 24.6 Å². The number of aromatic nitrogens is 3. The van der Waals surface area contributed by atoms with E-state index in [0.717, 1.165) is 57.3 Å². The Labute approximate surface area is 187 Å². The first-order valence-corrected chi connectivity index (χ1v) is 11.0. The van der Waals surface area contributed by atoms with Gasteiger partial charge < -0.3 is 9.47 Å². The molecule has 0 N–H and O–H groups in total. The highest BCUT2D eigenvalue weighted by atomic mass is 127. The fourth-order valence-corrected chi connectivity index (χ4v) is 4.89. The zero-order chi connectivity index (χ0) is 19.8. The Hall–Kier alpha value is -1.09. The summed E-state index contributed by atoms with van der Waals surface area (Å²) in [7, 11) is 0. The van der Waals surface area contributed by atoms with Crippen molar-refractivity contribution in [3.05, 3.63) is 49.4 Å². The van der Waals surface area contributed by atoms with Crippen molar-refractivity contribution >= 4 is 56.7 Å². The third kappa shape index (κ3) is 3.84. The number of halogens is 3. The molecule has 8 heteroatoms. The zero-order valence-corrected chi connectivity index (χ0v) is 19.3. The molecular weight excluding hydrogens is 512 g/mol. The number of rotatable bonds is 4. The summed E-state index contributed by atoms with van der Waals surface area (Å²) in [5.41, 5.74) is 2.82. The molecule has 0 spiro atoms. The van der Waals surface area contributed by atoms with Gasteiger partial charge in [-0.2, -0.15) is 5.10 Å². The van der Waals surface area contributed by atoms with E-state index in [9.17, 15) is 0 Å². The van der Waals surface area contributed by atoms with Crippen LogP contribution < -0.4 is 4.74 Å². The third-order valence-electron chi connectivity index (χ3n) is 4.99. The molecule has 5 nitrogen and oxygen atoms in total. The maximum Gasteiger partial charge on any atom is 0.150 e. The normalized spacial score (nSPS) is 18.4. The Morgan fingerprint density at radius 3 is 2.68 bits per heavy atom. The van der Waals surface area contributed by atoms with Gasteiger partial charge in [0.1, 0.15) is 15.6 Å². The molecule has 28 heavy (non-hydrogen) atoms. The fraction of sp³-hybridized carbons (Fsp3) is 0.400. The van der Waals surface area contributed by atoms with Gasteiger partial charge in [-0.05, 0) is 73.4 Å². The van der Waals surface area contributed by atoms with Gasteiger partial charge in [-0.3, -0.25) is 4.98 Å². The van der Waals surface area contributed by atoms with Gasteiger partial charge in [-0.25, -0.2) is 4.68 Å². The minimum absolute atomic E-state index is 0.000657. The summed E-state index contributed by atoms with van der Waals surface area (Å²) in [5, 5.41) is 6.78. The molecule has 1 aromatic carbocycles. The van der Waals surface area contributed by atoms with Gasteiger partial charge in [-0.15, -0.1) is 0 Å². The number of ether oxygens (including phenoxy) is 2. The van der Waals surface area contributed by atoms with E-state index in [2.05, 4.69) is 33.6 Å². The molecule has 0 aliphatic carbocycles. The smallest absolute Gasteiger partial charge is 0.150 e. The largest absolute Gasteiger partial charge is 0.486 e. The van der Waals surface area contributed by atoms with E-state index in [4.69, 9.17) is 37.8 Å². The van der Waals surface area contributed by atoms with Gasteiger partial charge in [0.25, 0.3) is 0 Å². The lowest BCUT2D eigenvalue weighted by Crippen LogP contribution is -2.19.